The number of benzene rings is 1. The first-order valence-electron chi connectivity index (χ1n) is 5.95. The van der Waals surface area contributed by atoms with Gasteiger partial charge in [0.2, 0.25) is 5.75 Å². The second-order valence-corrected chi connectivity index (χ2v) is 4.00. The molecule has 1 aromatic heterocycles. The van der Waals surface area contributed by atoms with E-state index >= 15 is 0 Å². The fourth-order valence-electron chi connectivity index (χ4n) is 1.68. The van der Waals surface area contributed by atoms with Gasteiger partial charge in [0.15, 0.2) is 5.82 Å². The Morgan fingerprint density at radius 3 is 2.75 bits per heavy atom. The Morgan fingerprint density at radius 1 is 1.30 bits per heavy atom. The second-order valence-electron chi connectivity index (χ2n) is 4.00. The highest BCUT2D eigenvalue weighted by Crippen LogP contribution is 2.35. The van der Waals surface area contributed by atoms with Crippen molar-refractivity contribution in [3.8, 4) is 23.4 Å². The summed E-state index contributed by atoms with van der Waals surface area (Å²) in [6, 6.07) is 7.29. The van der Waals surface area contributed by atoms with Crippen molar-refractivity contribution < 1.29 is 9.47 Å². The molecule has 0 aliphatic rings. The Kier molecular flexibility index (Phi) is 4.01. The van der Waals surface area contributed by atoms with E-state index in [1.165, 1.54) is 13.4 Å². The van der Waals surface area contributed by atoms with E-state index in [0.717, 1.165) is 5.56 Å². The van der Waals surface area contributed by atoms with Gasteiger partial charge in [0, 0.05) is 7.05 Å². The number of nitrogens with zero attached hydrogens (tertiary/aromatic N) is 3. The lowest BCUT2D eigenvalue weighted by Gasteiger charge is -2.13. The highest BCUT2D eigenvalue weighted by atomic mass is 16.5. The lowest BCUT2D eigenvalue weighted by Crippen LogP contribution is -2.01. The number of nitrogens with one attached hydrogen (secondary N) is 1. The van der Waals surface area contributed by atoms with Crippen LogP contribution < -0.4 is 14.8 Å². The average molecular weight is 270 g/mol. The van der Waals surface area contributed by atoms with Gasteiger partial charge < -0.3 is 14.8 Å². The standard InChI is InChI=1S/C14H14N4O2/c1-9-4-5-10(7-15)6-11(9)20-14-12(19-3)13(16-2)17-8-18-14/h4-6,8H,1-3H3,(H,16,17,18). The molecule has 0 radical (unpaired) electrons. The van der Waals surface area contributed by atoms with Gasteiger partial charge in [-0.15, -0.1) is 0 Å². The molecule has 0 aliphatic carbocycles. The number of hydrogen-bond acceptors (Lipinski definition) is 6. The molecule has 6 nitrogen and oxygen atoms in total. The molecule has 0 fully saturated rings. The number of aryl methyl sites for hydroxylation is 1. The molecule has 0 amide bonds. The maximum Gasteiger partial charge on any atom is 0.268 e. The van der Waals surface area contributed by atoms with Crippen LogP contribution in [0.15, 0.2) is 24.5 Å². The van der Waals surface area contributed by atoms with Crippen LogP contribution in [0.4, 0.5) is 5.82 Å². The summed E-state index contributed by atoms with van der Waals surface area (Å²) in [4.78, 5) is 8.12. The lowest BCUT2D eigenvalue weighted by molar-refractivity contribution is 0.368. The van der Waals surface area contributed by atoms with Crippen LogP contribution in [-0.4, -0.2) is 24.1 Å². The SMILES string of the molecule is CNc1ncnc(Oc2cc(C#N)ccc2C)c1OC. The molecule has 1 heterocycles. The van der Waals surface area contributed by atoms with Crippen LogP contribution in [0.5, 0.6) is 17.4 Å². The smallest absolute Gasteiger partial charge is 0.268 e. The molecule has 2 rings (SSSR count). The maximum atomic E-state index is 8.94. The van der Waals surface area contributed by atoms with E-state index in [-0.39, 0.29) is 0 Å². The zero-order chi connectivity index (χ0) is 14.5. The summed E-state index contributed by atoms with van der Waals surface area (Å²) >= 11 is 0. The molecule has 2 aromatic rings. The fourth-order valence-corrected chi connectivity index (χ4v) is 1.68. The molecule has 1 N–H and O–H groups in total. The molecule has 102 valence electrons. The molecule has 0 aliphatic heterocycles. The van der Waals surface area contributed by atoms with Crippen molar-refractivity contribution in [3.63, 3.8) is 0 Å². The highest BCUT2D eigenvalue weighted by molar-refractivity contribution is 5.56. The van der Waals surface area contributed by atoms with Crippen molar-refractivity contribution in [2.45, 2.75) is 6.92 Å². The van der Waals surface area contributed by atoms with Crippen LogP contribution >= 0.6 is 0 Å². The number of rotatable bonds is 4. The van der Waals surface area contributed by atoms with Crippen LogP contribution in [0.3, 0.4) is 0 Å². The predicted molar refractivity (Wildman–Crippen MR) is 74.1 cm³/mol. The third kappa shape index (κ3) is 2.62. The number of nitriles is 1. The van der Waals surface area contributed by atoms with Crippen LogP contribution in [0.2, 0.25) is 0 Å². The van der Waals surface area contributed by atoms with E-state index in [0.29, 0.717) is 28.8 Å². The molecule has 6 heteroatoms. The van der Waals surface area contributed by atoms with Gasteiger partial charge in [-0.1, -0.05) is 6.07 Å². The average Bonchev–Trinajstić information content (AvgIpc) is 2.49. The molecule has 0 spiro atoms. The van der Waals surface area contributed by atoms with Crippen molar-refractivity contribution in [2.24, 2.45) is 0 Å². The van der Waals surface area contributed by atoms with Crippen molar-refractivity contribution in [1.29, 1.82) is 5.26 Å². The third-order valence-corrected chi connectivity index (χ3v) is 2.74. The number of aromatic nitrogens is 2. The van der Waals surface area contributed by atoms with Crippen molar-refractivity contribution in [2.75, 3.05) is 19.5 Å². The lowest BCUT2D eigenvalue weighted by atomic mass is 10.1. The molecule has 0 saturated heterocycles. The summed E-state index contributed by atoms with van der Waals surface area (Å²) in [6.45, 7) is 1.89. The van der Waals surface area contributed by atoms with E-state index < -0.39 is 0 Å². The summed E-state index contributed by atoms with van der Waals surface area (Å²) in [7, 11) is 3.25. The first-order chi connectivity index (χ1) is 9.69. The van der Waals surface area contributed by atoms with E-state index in [1.54, 1.807) is 19.2 Å². The Hall–Kier alpha value is -2.81. The van der Waals surface area contributed by atoms with Gasteiger partial charge in [0.05, 0.1) is 18.7 Å². The van der Waals surface area contributed by atoms with E-state index in [4.69, 9.17) is 14.7 Å². The molecule has 0 bridgehead atoms. The molecule has 20 heavy (non-hydrogen) atoms. The normalized spacial score (nSPS) is 9.70. The fraction of sp³-hybridized carbons (Fsp3) is 0.214. The van der Waals surface area contributed by atoms with Crippen molar-refractivity contribution >= 4 is 5.82 Å². The van der Waals surface area contributed by atoms with Crippen LogP contribution in [0.25, 0.3) is 0 Å². The monoisotopic (exact) mass is 270 g/mol. The first kappa shape index (κ1) is 13.6. The van der Waals surface area contributed by atoms with Crippen LogP contribution in [0, 0.1) is 18.3 Å². The van der Waals surface area contributed by atoms with Gasteiger partial charge in [-0.3, -0.25) is 0 Å². The quantitative estimate of drug-likeness (QED) is 0.919. The second kappa shape index (κ2) is 5.89. The maximum absolute atomic E-state index is 8.94. The molecule has 0 atom stereocenters. The van der Waals surface area contributed by atoms with Crippen molar-refractivity contribution in [1.82, 2.24) is 9.97 Å². The molecule has 0 unspecified atom stereocenters. The Bertz CT molecular complexity index is 665. The molecule has 0 saturated carbocycles. The Morgan fingerprint density at radius 2 is 2.10 bits per heavy atom. The largest absolute Gasteiger partial charge is 0.489 e. The minimum atomic E-state index is 0.296. The number of anilines is 1. The van der Waals surface area contributed by atoms with E-state index in [1.807, 2.05) is 13.0 Å². The number of methoxy groups -OCH3 is 1. The Labute approximate surface area is 117 Å². The summed E-state index contributed by atoms with van der Waals surface area (Å²) in [5.74, 6) is 1.80. The zero-order valence-corrected chi connectivity index (χ0v) is 11.5. The highest BCUT2D eigenvalue weighted by Gasteiger charge is 2.14. The summed E-state index contributed by atoms with van der Waals surface area (Å²) in [6.07, 6.45) is 1.38. The number of hydrogen-bond donors (Lipinski definition) is 1. The summed E-state index contributed by atoms with van der Waals surface area (Å²) < 4.78 is 11.0. The van der Waals surface area contributed by atoms with E-state index in [2.05, 4.69) is 21.4 Å². The van der Waals surface area contributed by atoms with Gasteiger partial charge >= 0.3 is 0 Å². The van der Waals surface area contributed by atoms with Gasteiger partial charge in [0.1, 0.15) is 12.1 Å². The van der Waals surface area contributed by atoms with E-state index in [9.17, 15) is 0 Å². The van der Waals surface area contributed by atoms with Gasteiger partial charge in [0.25, 0.3) is 5.88 Å². The van der Waals surface area contributed by atoms with Gasteiger partial charge in [-0.2, -0.15) is 10.2 Å². The zero-order valence-electron chi connectivity index (χ0n) is 11.5. The molecular formula is C14H14N4O2. The summed E-state index contributed by atoms with van der Waals surface area (Å²) in [5, 5.41) is 11.8. The van der Waals surface area contributed by atoms with Gasteiger partial charge in [-0.25, -0.2) is 4.98 Å². The van der Waals surface area contributed by atoms with Crippen LogP contribution in [-0.2, 0) is 0 Å². The third-order valence-electron chi connectivity index (χ3n) is 2.74. The Balaban J connectivity index is 2.42. The number of ether oxygens (including phenoxy) is 2. The minimum Gasteiger partial charge on any atom is -0.489 e. The molecular weight excluding hydrogens is 256 g/mol. The topological polar surface area (TPSA) is 80.1 Å². The first-order valence-corrected chi connectivity index (χ1v) is 5.95. The minimum absolute atomic E-state index is 0.296. The van der Waals surface area contributed by atoms with Crippen molar-refractivity contribution in [3.05, 3.63) is 35.7 Å². The summed E-state index contributed by atoms with van der Waals surface area (Å²) in [5.41, 5.74) is 1.42. The molecule has 1 aromatic carbocycles. The van der Waals surface area contributed by atoms with Crippen LogP contribution in [0.1, 0.15) is 11.1 Å². The van der Waals surface area contributed by atoms with Gasteiger partial charge in [-0.05, 0) is 24.6 Å². The predicted octanol–water partition coefficient (Wildman–Crippen LogP) is 2.50.